The van der Waals surface area contributed by atoms with Gasteiger partial charge >= 0.3 is 5.97 Å². The van der Waals surface area contributed by atoms with Crippen LogP contribution in [-0.2, 0) is 41.6 Å². The maximum atomic E-state index is 14.0. The molecule has 0 fully saturated rings. The number of aliphatic carboxylic acids is 1. The molecular weight excluding hydrogens is 720 g/mol. The number of rotatable bonds is 20. The number of nitrogens with one attached hydrogen (secondary N) is 7. The van der Waals surface area contributed by atoms with E-state index in [9.17, 15) is 39.0 Å². The second-order valence-corrected chi connectivity index (χ2v) is 15.0. The van der Waals surface area contributed by atoms with Crippen molar-refractivity contribution in [1.29, 1.82) is 0 Å². The van der Waals surface area contributed by atoms with E-state index < -0.39 is 78.4 Å². The Bertz CT molecular complexity index is 2010. The van der Waals surface area contributed by atoms with Crippen LogP contribution in [0.3, 0.4) is 0 Å². The third-order valence-corrected chi connectivity index (χ3v) is 9.42. The fourth-order valence-electron chi connectivity index (χ4n) is 6.46. The first-order valence-corrected chi connectivity index (χ1v) is 18.8. The van der Waals surface area contributed by atoms with Gasteiger partial charge in [0.1, 0.15) is 30.2 Å². The molecule has 0 aliphatic rings. The molecule has 0 saturated heterocycles. The molecule has 4 rings (SSSR count). The van der Waals surface area contributed by atoms with Crippen LogP contribution in [-0.4, -0.2) is 98.5 Å². The minimum Gasteiger partial charge on any atom is -0.480 e. The van der Waals surface area contributed by atoms with Gasteiger partial charge in [0.2, 0.25) is 29.5 Å². The second kappa shape index (κ2) is 19.7. The first-order chi connectivity index (χ1) is 26.6. The molecule has 6 atom stereocenters. The first-order valence-electron chi connectivity index (χ1n) is 18.8. The summed E-state index contributed by atoms with van der Waals surface area (Å²) in [6.45, 7) is 8.04. The van der Waals surface area contributed by atoms with Crippen molar-refractivity contribution in [2.45, 2.75) is 96.6 Å². The number of amides is 5. The number of fused-ring (bicyclic) bond motifs is 2. The number of aromatic nitrogens is 2. The third-order valence-electron chi connectivity index (χ3n) is 9.42. The van der Waals surface area contributed by atoms with E-state index in [0.29, 0.717) is 17.5 Å². The van der Waals surface area contributed by atoms with Gasteiger partial charge in [-0.2, -0.15) is 0 Å². The summed E-state index contributed by atoms with van der Waals surface area (Å²) in [7, 11) is 0. The average Bonchev–Trinajstić information content (AvgIpc) is 3.75. The van der Waals surface area contributed by atoms with Crippen molar-refractivity contribution in [3.63, 3.8) is 0 Å². The van der Waals surface area contributed by atoms with E-state index >= 15 is 0 Å². The number of hydrogen-bond acceptors (Lipinski definition) is 8. The highest BCUT2D eigenvalue weighted by atomic mass is 16.4. The van der Waals surface area contributed by atoms with Crippen LogP contribution < -0.4 is 32.3 Å². The summed E-state index contributed by atoms with van der Waals surface area (Å²) in [5.74, 6) is -4.89. The Balaban J connectivity index is 1.56. The van der Waals surface area contributed by atoms with Gasteiger partial charge in [-0.1, -0.05) is 64.1 Å². The number of carbonyl (C=O) groups is 6. The van der Waals surface area contributed by atoms with Crippen molar-refractivity contribution in [2.24, 2.45) is 17.6 Å². The molecule has 0 bridgehead atoms. The number of carboxylic acid groups (broad SMARTS) is 1. The number of aliphatic hydroxyl groups is 1. The lowest BCUT2D eigenvalue weighted by atomic mass is 10.0. The highest BCUT2D eigenvalue weighted by molar-refractivity contribution is 5.97. The number of benzene rings is 2. The van der Waals surface area contributed by atoms with E-state index in [4.69, 9.17) is 5.73 Å². The van der Waals surface area contributed by atoms with Gasteiger partial charge in [-0.3, -0.25) is 24.0 Å². The number of hydrogen-bond donors (Lipinski definition) is 10. The Hall–Kier alpha value is -5.74. The summed E-state index contributed by atoms with van der Waals surface area (Å²) in [6.07, 6.45) is 3.84. The smallest absolute Gasteiger partial charge is 0.326 e. The third kappa shape index (κ3) is 11.6. The molecule has 11 N–H and O–H groups in total. The number of H-pyrrole nitrogens is 2. The highest BCUT2D eigenvalue weighted by Crippen LogP contribution is 2.21. The Morgan fingerprint density at radius 2 is 1.02 bits per heavy atom. The molecule has 2 aromatic carbocycles. The van der Waals surface area contributed by atoms with E-state index in [-0.39, 0.29) is 31.1 Å². The topological polar surface area (TPSA) is 261 Å². The predicted octanol–water partition coefficient (Wildman–Crippen LogP) is 1.37. The Morgan fingerprint density at radius 1 is 0.589 bits per heavy atom. The zero-order chi connectivity index (χ0) is 41.1. The standard InChI is InChI=1S/C40H54N8O8/c1-21(2)14-28(41)36(51)44-23(5)35(50)45-31(16-24-18-42-29-12-8-6-10-26(24)29)38(53)48-34(20-49)39(54)46-32(37(52)47-33(40(55)56)15-22(3)4)17-25-19-43-30-13-9-7-11-27(25)30/h6-13,18-19,21-23,28,31-34,42-43,49H,14-17,20,41H2,1-5H3,(H,44,51)(H,45,50)(H,46,54)(H,47,52)(H,48,53)(H,55,56)/t23-,28-,31-,32-,33-,34-/m0/s1. The van der Waals surface area contributed by atoms with Crippen molar-refractivity contribution in [3.05, 3.63) is 72.1 Å². The molecule has 0 radical (unpaired) electrons. The van der Waals surface area contributed by atoms with Crippen LogP contribution in [0, 0.1) is 11.8 Å². The Kier molecular flexibility index (Phi) is 15.1. The molecular formula is C40H54N8O8. The monoisotopic (exact) mass is 774 g/mol. The summed E-state index contributed by atoms with van der Waals surface area (Å²) in [5, 5.41) is 34.6. The van der Waals surface area contributed by atoms with Gasteiger partial charge in [-0.25, -0.2) is 4.79 Å². The van der Waals surface area contributed by atoms with Gasteiger partial charge in [0.05, 0.1) is 12.6 Å². The van der Waals surface area contributed by atoms with E-state index in [0.717, 1.165) is 21.8 Å². The largest absolute Gasteiger partial charge is 0.480 e. The number of carbonyl (C=O) groups excluding carboxylic acids is 5. The normalized spacial score (nSPS) is 14.7. The molecule has 4 aromatic rings. The lowest BCUT2D eigenvalue weighted by molar-refractivity contribution is -0.142. The van der Waals surface area contributed by atoms with Gasteiger partial charge in [0.15, 0.2) is 0 Å². The average molecular weight is 775 g/mol. The van der Waals surface area contributed by atoms with Crippen LogP contribution in [0.4, 0.5) is 0 Å². The van der Waals surface area contributed by atoms with Crippen molar-refractivity contribution < 1.29 is 39.0 Å². The Labute approximate surface area is 325 Å². The lowest BCUT2D eigenvalue weighted by Crippen LogP contribution is -2.60. The van der Waals surface area contributed by atoms with Crippen LogP contribution in [0.15, 0.2) is 60.9 Å². The minimum atomic E-state index is -1.58. The molecule has 0 aliphatic carbocycles. The van der Waals surface area contributed by atoms with Crippen LogP contribution in [0.25, 0.3) is 21.8 Å². The number of aromatic amines is 2. The first kappa shape index (κ1) is 43.0. The zero-order valence-electron chi connectivity index (χ0n) is 32.3. The van der Waals surface area contributed by atoms with Gasteiger partial charge in [0, 0.05) is 47.0 Å². The summed E-state index contributed by atoms with van der Waals surface area (Å²) in [6, 6.07) is 7.35. The van der Waals surface area contributed by atoms with Crippen molar-refractivity contribution in [2.75, 3.05) is 6.61 Å². The molecule has 2 aromatic heterocycles. The van der Waals surface area contributed by atoms with E-state index in [1.165, 1.54) is 6.92 Å². The fourth-order valence-corrected chi connectivity index (χ4v) is 6.46. The van der Waals surface area contributed by atoms with Crippen molar-refractivity contribution in [1.82, 2.24) is 36.6 Å². The molecule has 0 unspecified atom stereocenters. The molecule has 2 heterocycles. The summed E-state index contributed by atoms with van der Waals surface area (Å²) < 4.78 is 0. The molecule has 5 amide bonds. The predicted molar refractivity (Wildman–Crippen MR) is 211 cm³/mol. The molecule has 0 spiro atoms. The van der Waals surface area contributed by atoms with Crippen LogP contribution in [0.2, 0.25) is 0 Å². The van der Waals surface area contributed by atoms with Crippen molar-refractivity contribution in [3.8, 4) is 0 Å². The number of nitrogens with two attached hydrogens (primary N) is 1. The summed E-state index contributed by atoms with van der Waals surface area (Å²) in [5.41, 5.74) is 8.91. The molecule has 302 valence electrons. The summed E-state index contributed by atoms with van der Waals surface area (Å²) in [4.78, 5) is 85.8. The number of carboxylic acids is 1. The van der Waals surface area contributed by atoms with Crippen LogP contribution >= 0.6 is 0 Å². The Morgan fingerprint density at radius 3 is 1.48 bits per heavy atom. The highest BCUT2D eigenvalue weighted by Gasteiger charge is 2.33. The second-order valence-electron chi connectivity index (χ2n) is 15.0. The lowest BCUT2D eigenvalue weighted by Gasteiger charge is -2.26. The molecule has 0 saturated carbocycles. The number of para-hydroxylation sites is 2. The van der Waals surface area contributed by atoms with E-state index in [1.807, 2.05) is 76.2 Å². The maximum Gasteiger partial charge on any atom is 0.326 e. The summed E-state index contributed by atoms with van der Waals surface area (Å²) >= 11 is 0. The molecule has 16 heteroatoms. The minimum absolute atomic E-state index is 0.0348. The van der Waals surface area contributed by atoms with Crippen LogP contribution in [0.5, 0.6) is 0 Å². The molecule has 16 nitrogen and oxygen atoms in total. The van der Waals surface area contributed by atoms with E-state index in [1.54, 1.807) is 12.4 Å². The SMILES string of the molecule is CC(C)C[C@H](NC(=O)[C@H](Cc1c[nH]c2ccccc12)NC(=O)[C@H](CO)NC(=O)[C@H](Cc1c[nH]c2ccccc12)NC(=O)[C@H](C)NC(=O)[C@@H](N)CC(C)C)C(=O)O. The van der Waals surface area contributed by atoms with Gasteiger partial charge in [-0.15, -0.1) is 0 Å². The number of aliphatic hydroxyl groups excluding tert-OH is 1. The fraction of sp³-hybridized carbons (Fsp3) is 0.450. The quantitative estimate of drug-likeness (QED) is 0.0621. The van der Waals surface area contributed by atoms with Crippen LogP contribution in [0.1, 0.15) is 58.6 Å². The molecule has 56 heavy (non-hydrogen) atoms. The maximum absolute atomic E-state index is 14.0. The van der Waals surface area contributed by atoms with E-state index in [2.05, 4.69) is 36.6 Å². The van der Waals surface area contributed by atoms with Gasteiger partial charge in [0.25, 0.3) is 0 Å². The van der Waals surface area contributed by atoms with Gasteiger partial charge in [-0.05, 0) is 54.9 Å². The zero-order valence-corrected chi connectivity index (χ0v) is 32.3. The molecule has 0 aliphatic heterocycles. The van der Waals surface area contributed by atoms with Crippen molar-refractivity contribution >= 4 is 57.3 Å². The van der Waals surface area contributed by atoms with Gasteiger partial charge < -0.3 is 52.5 Å².